The second kappa shape index (κ2) is 6.36. The van der Waals surface area contributed by atoms with Gasteiger partial charge in [-0.2, -0.15) is 0 Å². The zero-order valence-electron chi connectivity index (χ0n) is 11.2. The highest BCUT2D eigenvalue weighted by molar-refractivity contribution is 5.83. The minimum absolute atomic E-state index is 0.116. The smallest absolute Gasteiger partial charge is 0.149 e. The van der Waals surface area contributed by atoms with E-state index in [0.717, 1.165) is 26.2 Å². The number of nitrogens with zero attached hydrogens (tertiary/aromatic N) is 2. The Bertz CT molecular complexity index is 226. The van der Waals surface area contributed by atoms with E-state index in [1.165, 1.54) is 6.42 Å². The average molecular weight is 226 g/mol. The van der Waals surface area contributed by atoms with E-state index in [4.69, 9.17) is 0 Å². The van der Waals surface area contributed by atoms with Crippen molar-refractivity contribution >= 4 is 5.78 Å². The SMILES string of the molecule is CCC(=O)C(C)N1CCC(N(CC)CC)C1. The van der Waals surface area contributed by atoms with Gasteiger partial charge in [-0.3, -0.25) is 14.6 Å². The molecule has 1 aliphatic rings. The van der Waals surface area contributed by atoms with Gasteiger partial charge in [0.1, 0.15) is 5.78 Å². The highest BCUT2D eigenvalue weighted by Crippen LogP contribution is 2.18. The van der Waals surface area contributed by atoms with E-state index in [9.17, 15) is 4.79 Å². The summed E-state index contributed by atoms with van der Waals surface area (Å²) in [5.74, 6) is 0.375. The van der Waals surface area contributed by atoms with Crippen molar-refractivity contribution in [1.29, 1.82) is 0 Å². The molecule has 1 aliphatic heterocycles. The standard InChI is InChI=1S/C13H26N2O/c1-5-13(16)11(4)15-9-8-12(10-15)14(6-2)7-3/h11-12H,5-10H2,1-4H3. The minimum atomic E-state index is 0.116. The third-order valence-electron chi connectivity index (χ3n) is 3.89. The second-order valence-corrected chi connectivity index (χ2v) is 4.65. The fraction of sp³-hybridized carbons (Fsp3) is 0.923. The third kappa shape index (κ3) is 3.05. The van der Waals surface area contributed by atoms with Crippen LogP contribution >= 0.6 is 0 Å². The van der Waals surface area contributed by atoms with Crippen molar-refractivity contribution in [2.75, 3.05) is 26.2 Å². The van der Waals surface area contributed by atoms with Crippen LogP contribution in [-0.4, -0.2) is 53.8 Å². The van der Waals surface area contributed by atoms with Crippen molar-refractivity contribution in [2.24, 2.45) is 0 Å². The van der Waals surface area contributed by atoms with Gasteiger partial charge in [0.2, 0.25) is 0 Å². The summed E-state index contributed by atoms with van der Waals surface area (Å²) in [6.45, 7) is 12.8. The second-order valence-electron chi connectivity index (χ2n) is 4.65. The molecule has 0 aromatic rings. The molecule has 0 aromatic heterocycles. The van der Waals surface area contributed by atoms with Crippen molar-refractivity contribution < 1.29 is 4.79 Å². The van der Waals surface area contributed by atoms with Crippen molar-refractivity contribution in [3.05, 3.63) is 0 Å². The Hall–Kier alpha value is -0.410. The molecule has 0 radical (unpaired) electrons. The Labute approximate surface area is 99.8 Å². The number of rotatable bonds is 6. The molecule has 0 saturated carbocycles. The maximum Gasteiger partial charge on any atom is 0.149 e. The molecule has 0 amide bonds. The fourth-order valence-corrected chi connectivity index (χ4v) is 2.66. The summed E-state index contributed by atoms with van der Waals surface area (Å²) in [5.41, 5.74) is 0. The van der Waals surface area contributed by atoms with Gasteiger partial charge < -0.3 is 0 Å². The molecule has 0 aliphatic carbocycles. The zero-order chi connectivity index (χ0) is 12.1. The van der Waals surface area contributed by atoms with Gasteiger partial charge in [0.25, 0.3) is 0 Å². The molecule has 1 fully saturated rings. The number of hydrogen-bond acceptors (Lipinski definition) is 3. The first-order chi connectivity index (χ1) is 7.63. The van der Waals surface area contributed by atoms with Gasteiger partial charge in [-0.1, -0.05) is 20.8 Å². The quantitative estimate of drug-likeness (QED) is 0.689. The van der Waals surface area contributed by atoms with Crippen LogP contribution in [-0.2, 0) is 4.79 Å². The van der Waals surface area contributed by atoms with Crippen LogP contribution in [0.1, 0.15) is 40.5 Å². The summed E-state index contributed by atoms with van der Waals surface area (Å²) < 4.78 is 0. The lowest BCUT2D eigenvalue weighted by atomic mass is 10.1. The average Bonchev–Trinajstić information content (AvgIpc) is 2.78. The predicted molar refractivity (Wildman–Crippen MR) is 67.7 cm³/mol. The molecule has 1 saturated heterocycles. The maximum atomic E-state index is 11.7. The molecule has 2 atom stereocenters. The summed E-state index contributed by atoms with van der Waals surface area (Å²) in [4.78, 5) is 16.5. The van der Waals surface area contributed by atoms with Gasteiger partial charge in [-0.25, -0.2) is 0 Å². The van der Waals surface area contributed by atoms with Crippen LogP contribution in [0.5, 0.6) is 0 Å². The highest BCUT2D eigenvalue weighted by atomic mass is 16.1. The molecule has 1 heterocycles. The molecule has 0 aromatic carbocycles. The number of carbonyl (C=O) groups is 1. The number of likely N-dealkylation sites (N-methyl/N-ethyl adjacent to an activating group) is 1. The Morgan fingerprint density at radius 3 is 2.50 bits per heavy atom. The van der Waals surface area contributed by atoms with E-state index < -0.39 is 0 Å². The lowest BCUT2D eigenvalue weighted by molar-refractivity contribution is -0.123. The molecule has 3 heteroatoms. The van der Waals surface area contributed by atoms with Gasteiger partial charge in [0, 0.05) is 25.6 Å². The van der Waals surface area contributed by atoms with E-state index in [2.05, 4.69) is 30.6 Å². The summed E-state index contributed by atoms with van der Waals surface area (Å²) in [5, 5.41) is 0. The monoisotopic (exact) mass is 226 g/mol. The first kappa shape index (κ1) is 13.7. The molecule has 3 nitrogen and oxygen atoms in total. The van der Waals surface area contributed by atoms with Gasteiger partial charge in [0.15, 0.2) is 0 Å². The van der Waals surface area contributed by atoms with Crippen molar-refractivity contribution in [3.8, 4) is 0 Å². The first-order valence-electron chi connectivity index (χ1n) is 6.64. The number of likely N-dealkylation sites (tertiary alicyclic amines) is 1. The van der Waals surface area contributed by atoms with E-state index in [-0.39, 0.29) is 6.04 Å². The van der Waals surface area contributed by atoms with Crippen molar-refractivity contribution in [2.45, 2.75) is 52.6 Å². The Morgan fingerprint density at radius 2 is 2.00 bits per heavy atom. The topological polar surface area (TPSA) is 23.6 Å². The molecule has 0 N–H and O–H groups in total. The molecule has 16 heavy (non-hydrogen) atoms. The van der Waals surface area contributed by atoms with Crippen LogP contribution in [0.15, 0.2) is 0 Å². The van der Waals surface area contributed by atoms with E-state index in [0.29, 0.717) is 18.2 Å². The van der Waals surface area contributed by atoms with Crippen LogP contribution in [0, 0.1) is 0 Å². The van der Waals surface area contributed by atoms with Crippen LogP contribution in [0.2, 0.25) is 0 Å². The van der Waals surface area contributed by atoms with Crippen LogP contribution < -0.4 is 0 Å². The fourth-order valence-electron chi connectivity index (χ4n) is 2.66. The number of Topliss-reactive ketones (excluding diaryl/α,β-unsaturated/α-hetero) is 1. The molecule has 94 valence electrons. The van der Waals surface area contributed by atoms with Crippen LogP contribution in [0.4, 0.5) is 0 Å². The zero-order valence-corrected chi connectivity index (χ0v) is 11.2. The first-order valence-corrected chi connectivity index (χ1v) is 6.64. The summed E-state index contributed by atoms with van der Waals surface area (Å²) in [6, 6.07) is 0.771. The van der Waals surface area contributed by atoms with Crippen LogP contribution in [0.3, 0.4) is 0 Å². The lowest BCUT2D eigenvalue weighted by Gasteiger charge is -2.27. The van der Waals surface area contributed by atoms with Gasteiger partial charge in [-0.05, 0) is 26.4 Å². The largest absolute Gasteiger partial charge is 0.300 e. The molecular formula is C13H26N2O. The number of hydrogen-bond donors (Lipinski definition) is 0. The number of ketones is 1. The minimum Gasteiger partial charge on any atom is -0.300 e. The molecule has 1 rings (SSSR count). The van der Waals surface area contributed by atoms with Crippen molar-refractivity contribution in [3.63, 3.8) is 0 Å². The lowest BCUT2D eigenvalue weighted by Crippen LogP contribution is -2.41. The molecule has 0 bridgehead atoms. The van der Waals surface area contributed by atoms with E-state index in [1.54, 1.807) is 0 Å². The summed E-state index contributed by atoms with van der Waals surface area (Å²) in [7, 11) is 0. The molecule has 2 unspecified atom stereocenters. The van der Waals surface area contributed by atoms with Crippen LogP contribution in [0.25, 0.3) is 0 Å². The van der Waals surface area contributed by atoms with E-state index in [1.807, 2.05) is 6.92 Å². The highest BCUT2D eigenvalue weighted by Gasteiger charge is 2.30. The Balaban J connectivity index is 2.48. The summed E-state index contributed by atoms with van der Waals surface area (Å²) in [6.07, 6.45) is 1.87. The van der Waals surface area contributed by atoms with Gasteiger partial charge in [-0.15, -0.1) is 0 Å². The van der Waals surface area contributed by atoms with E-state index >= 15 is 0 Å². The Kier molecular flexibility index (Phi) is 5.42. The molecular weight excluding hydrogens is 200 g/mol. The Morgan fingerprint density at radius 1 is 1.38 bits per heavy atom. The normalized spacial score (nSPS) is 23.9. The van der Waals surface area contributed by atoms with Crippen molar-refractivity contribution in [1.82, 2.24) is 9.80 Å². The number of carbonyl (C=O) groups excluding carboxylic acids is 1. The predicted octanol–water partition coefficient (Wildman–Crippen LogP) is 1.77. The molecule has 0 spiro atoms. The maximum absolute atomic E-state index is 11.7. The summed E-state index contributed by atoms with van der Waals surface area (Å²) >= 11 is 0. The third-order valence-corrected chi connectivity index (χ3v) is 3.89. The van der Waals surface area contributed by atoms with Gasteiger partial charge in [0.05, 0.1) is 6.04 Å². The van der Waals surface area contributed by atoms with Gasteiger partial charge >= 0.3 is 0 Å².